The molecule has 0 fully saturated rings. The molecule has 0 aliphatic heterocycles. The van der Waals surface area contributed by atoms with Crippen molar-refractivity contribution in [1.82, 2.24) is 9.47 Å². The van der Waals surface area contributed by atoms with Crippen molar-refractivity contribution in [2.75, 3.05) is 20.6 Å². The van der Waals surface area contributed by atoms with E-state index < -0.39 is 0 Å². The van der Waals surface area contributed by atoms with Gasteiger partial charge in [-0.15, -0.1) is 12.4 Å². The molecule has 0 unspecified atom stereocenters. The van der Waals surface area contributed by atoms with Gasteiger partial charge in [0.2, 0.25) is 0 Å². The van der Waals surface area contributed by atoms with Gasteiger partial charge in [0.05, 0.1) is 5.52 Å². The molecule has 3 rings (SSSR count). The first kappa shape index (κ1) is 15.2. The standard InChI is InChI=1S/C16H17ClN2.ClH/c1-18(2)9-10-19-15-6-4-3-5-13(15)14-8-7-12(17)11-16(14)19;/h3-8,11H,9-10H2,1-2H3;1H. The molecule has 0 spiro atoms. The van der Waals surface area contributed by atoms with Gasteiger partial charge in [-0.3, -0.25) is 0 Å². The second-order valence-corrected chi connectivity index (χ2v) is 5.57. The average Bonchev–Trinajstić information content (AvgIpc) is 2.69. The van der Waals surface area contributed by atoms with Crippen LogP contribution in [0.4, 0.5) is 0 Å². The molecule has 20 heavy (non-hydrogen) atoms. The molecular formula is C16H18Cl2N2. The highest BCUT2D eigenvalue weighted by atomic mass is 35.5. The fraction of sp³-hybridized carbons (Fsp3) is 0.250. The van der Waals surface area contributed by atoms with Crippen LogP contribution in [0.15, 0.2) is 42.5 Å². The maximum Gasteiger partial charge on any atom is 0.0506 e. The highest BCUT2D eigenvalue weighted by Crippen LogP contribution is 2.30. The van der Waals surface area contributed by atoms with E-state index >= 15 is 0 Å². The number of aromatic nitrogens is 1. The molecule has 1 aromatic heterocycles. The van der Waals surface area contributed by atoms with Crippen LogP contribution in [0.2, 0.25) is 5.02 Å². The Bertz CT molecular complexity index is 732. The molecule has 106 valence electrons. The van der Waals surface area contributed by atoms with E-state index in [0.717, 1.165) is 18.1 Å². The van der Waals surface area contributed by atoms with Crippen molar-refractivity contribution in [2.24, 2.45) is 0 Å². The molecule has 3 aromatic rings. The van der Waals surface area contributed by atoms with E-state index in [0.29, 0.717) is 0 Å². The van der Waals surface area contributed by atoms with Crippen LogP contribution < -0.4 is 0 Å². The van der Waals surface area contributed by atoms with E-state index in [2.05, 4.69) is 60.0 Å². The molecule has 0 aliphatic rings. The summed E-state index contributed by atoms with van der Waals surface area (Å²) >= 11 is 6.16. The molecule has 0 radical (unpaired) electrons. The lowest BCUT2D eigenvalue weighted by Crippen LogP contribution is -2.18. The Balaban J connectivity index is 0.00000147. The lowest BCUT2D eigenvalue weighted by atomic mass is 10.2. The molecule has 2 aromatic carbocycles. The van der Waals surface area contributed by atoms with Gasteiger partial charge in [0.1, 0.15) is 0 Å². The summed E-state index contributed by atoms with van der Waals surface area (Å²) in [4.78, 5) is 2.20. The molecule has 0 atom stereocenters. The smallest absolute Gasteiger partial charge is 0.0506 e. The fourth-order valence-corrected chi connectivity index (χ4v) is 2.73. The first-order valence-electron chi connectivity index (χ1n) is 6.48. The number of hydrogen-bond acceptors (Lipinski definition) is 1. The largest absolute Gasteiger partial charge is 0.339 e. The van der Waals surface area contributed by atoms with Crippen LogP contribution >= 0.6 is 24.0 Å². The number of rotatable bonds is 3. The molecular weight excluding hydrogens is 291 g/mol. The van der Waals surface area contributed by atoms with Crippen LogP contribution in [-0.2, 0) is 6.54 Å². The zero-order valence-electron chi connectivity index (χ0n) is 11.6. The van der Waals surface area contributed by atoms with Crippen LogP contribution in [0, 0.1) is 0 Å². The number of benzene rings is 2. The van der Waals surface area contributed by atoms with Crippen molar-refractivity contribution >= 4 is 45.8 Å². The summed E-state index contributed by atoms with van der Waals surface area (Å²) in [6.07, 6.45) is 0. The van der Waals surface area contributed by atoms with Crippen LogP contribution in [-0.4, -0.2) is 30.1 Å². The lowest BCUT2D eigenvalue weighted by Gasteiger charge is -2.12. The van der Waals surface area contributed by atoms with Crippen molar-refractivity contribution in [3.8, 4) is 0 Å². The fourth-order valence-electron chi connectivity index (χ4n) is 2.56. The lowest BCUT2D eigenvalue weighted by molar-refractivity contribution is 0.389. The maximum absolute atomic E-state index is 6.16. The van der Waals surface area contributed by atoms with Crippen LogP contribution in [0.1, 0.15) is 0 Å². The second-order valence-electron chi connectivity index (χ2n) is 5.13. The summed E-state index contributed by atoms with van der Waals surface area (Å²) in [6, 6.07) is 14.7. The Morgan fingerprint density at radius 1 is 1.00 bits per heavy atom. The van der Waals surface area contributed by atoms with Crippen molar-refractivity contribution in [1.29, 1.82) is 0 Å². The Morgan fingerprint density at radius 3 is 2.45 bits per heavy atom. The van der Waals surface area contributed by atoms with Gasteiger partial charge in [0.15, 0.2) is 0 Å². The Hall–Kier alpha value is -1.22. The number of para-hydroxylation sites is 1. The molecule has 0 bridgehead atoms. The Morgan fingerprint density at radius 2 is 1.70 bits per heavy atom. The average molecular weight is 309 g/mol. The van der Waals surface area contributed by atoms with Crippen molar-refractivity contribution in [3.05, 3.63) is 47.5 Å². The summed E-state index contributed by atoms with van der Waals surface area (Å²) in [6.45, 7) is 1.98. The topological polar surface area (TPSA) is 8.17 Å². The van der Waals surface area contributed by atoms with Gasteiger partial charge in [0, 0.05) is 34.4 Å². The van der Waals surface area contributed by atoms with E-state index in [9.17, 15) is 0 Å². The Kier molecular flexibility index (Phi) is 4.59. The number of likely N-dealkylation sites (N-methyl/N-ethyl adjacent to an activating group) is 1. The number of hydrogen-bond donors (Lipinski definition) is 0. The van der Waals surface area contributed by atoms with Gasteiger partial charge in [-0.25, -0.2) is 0 Å². The molecule has 0 saturated carbocycles. The molecule has 0 amide bonds. The summed E-state index contributed by atoms with van der Waals surface area (Å²) in [5.41, 5.74) is 2.50. The zero-order chi connectivity index (χ0) is 13.4. The van der Waals surface area contributed by atoms with Crippen molar-refractivity contribution < 1.29 is 0 Å². The highest BCUT2D eigenvalue weighted by Gasteiger charge is 2.10. The first-order chi connectivity index (χ1) is 9.16. The van der Waals surface area contributed by atoms with Gasteiger partial charge in [-0.05, 0) is 32.3 Å². The number of nitrogens with zero attached hydrogens (tertiary/aromatic N) is 2. The van der Waals surface area contributed by atoms with E-state index in [1.807, 2.05) is 6.07 Å². The van der Waals surface area contributed by atoms with Crippen LogP contribution in [0.3, 0.4) is 0 Å². The van der Waals surface area contributed by atoms with E-state index in [-0.39, 0.29) is 12.4 Å². The molecule has 0 aliphatic carbocycles. The van der Waals surface area contributed by atoms with E-state index in [1.165, 1.54) is 21.8 Å². The number of halogens is 2. The van der Waals surface area contributed by atoms with Gasteiger partial charge in [-0.1, -0.05) is 35.9 Å². The molecule has 2 nitrogen and oxygen atoms in total. The zero-order valence-corrected chi connectivity index (χ0v) is 13.2. The van der Waals surface area contributed by atoms with Crippen molar-refractivity contribution in [2.45, 2.75) is 6.54 Å². The number of fused-ring (bicyclic) bond motifs is 3. The summed E-state index contributed by atoms with van der Waals surface area (Å²) in [7, 11) is 4.20. The predicted octanol–water partition coefficient (Wildman–Crippen LogP) is 4.43. The van der Waals surface area contributed by atoms with Gasteiger partial charge in [0.25, 0.3) is 0 Å². The first-order valence-corrected chi connectivity index (χ1v) is 6.86. The molecule has 1 heterocycles. The Labute approximate surface area is 130 Å². The minimum atomic E-state index is 0. The SMILES string of the molecule is CN(C)CCn1c2ccccc2c2ccc(Cl)cc21.Cl. The predicted molar refractivity (Wildman–Crippen MR) is 90.3 cm³/mol. The summed E-state index contributed by atoms with van der Waals surface area (Å²) < 4.78 is 2.36. The molecule has 0 saturated heterocycles. The third-order valence-corrected chi connectivity index (χ3v) is 3.74. The van der Waals surface area contributed by atoms with Crippen LogP contribution in [0.5, 0.6) is 0 Å². The normalized spacial score (nSPS) is 11.2. The van der Waals surface area contributed by atoms with Gasteiger partial charge < -0.3 is 9.47 Å². The second kappa shape index (κ2) is 6.04. The summed E-state index contributed by atoms with van der Waals surface area (Å²) in [5.74, 6) is 0. The van der Waals surface area contributed by atoms with E-state index in [4.69, 9.17) is 11.6 Å². The van der Waals surface area contributed by atoms with Gasteiger partial charge in [-0.2, -0.15) is 0 Å². The minimum Gasteiger partial charge on any atom is -0.339 e. The maximum atomic E-state index is 6.16. The van der Waals surface area contributed by atoms with Crippen LogP contribution in [0.25, 0.3) is 21.8 Å². The van der Waals surface area contributed by atoms with Gasteiger partial charge >= 0.3 is 0 Å². The quantitative estimate of drug-likeness (QED) is 0.695. The monoisotopic (exact) mass is 308 g/mol. The third kappa shape index (κ3) is 2.64. The molecule has 4 heteroatoms. The van der Waals surface area contributed by atoms with Crippen molar-refractivity contribution in [3.63, 3.8) is 0 Å². The minimum absolute atomic E-state index is 0. The highest BCUT2D eigenvalue weighted by molar-refractivity contribution is 6.31. The molecule has 0 N–H and O–H groups in total. The summed E-state index contributed by atoms with van der Waals surface area (Å²) in [5, 5.41) is 3.37. The third-order valence-electron chi connectivity index (χ3n) is 3.51. The van der Waals surface area contributed by atoms with E-state index in [1.54, 1.807) is 0 Å².